The minimum atomic E-state index is -0.768. The molecule has 0 saturated carbocycles. The highest BCUT2D eigenvalue weighted by molar-refractivity contribution is 5.82. The molecule has 1 aromatic rings. The van der Waals surface area contributed by atoms with E-state index in [4.69, 9.17) is 16.0 Å². The van der Waals surface area contributed by atoms with Crippen molar-refractivity contribution in [3.63, 3.8) is 0 Å². The van der Waals surface area contributed by atoms with Gasteiger partial charge in [-0.05, 0) is 58.9 Å². The fraction of sp³-hybridized carbons (Fsp3) is 0.591. The number of ether oxygens (including phenoxy) is 2. The van der Waals surface area contributed by atoms with Crippen molar-refractivity contribution in [2.45, 2.75) is 71.2 Å². The van der Waals surface area contributed by atoms with Gasteiger partial charge in [-0.25, -0.2) is 21.1 Å². The van der Waals surface area contributed by atoms with Gasteiger partial charge < -0.3 is 9.47 Å². The average Bonchev–Trinajstić information content (AvgIpc) is 3.00. The molecule has 28 heavy (non-hydrogen) atoms. The van der Waals surface area contributed by atoms with Crippen LogP contribution in [0.2, 0.25) is 0 Å². The average molecular weight is 386 g/mol. The van der Waals surface area contributed by atoms with Gasteiger partial charge in [0, 0.05) is 0 Å². The summed E-state index contributed by atoms with van der Waals surface area (Å²) in [5.41, 5.74) is 0.541. The standard InChI is InChI=1S/C22H30N2O4/c1-6-27-20(25)18-15-17(14-10-13-16-11-8-7-9-12-16)19(23-5)24(18)21(26)28-22(2,3)4/h7-9,11-12,17-19H,6,10,13-15H2,1-4H3/t17-,18+,19?/m1/s1. The van der Waals surface area contributed by atoms with E-state index in [0.29, 0.717) is 6.42 Å². The van der Waals surface area contributed by atoms with E-state index < -0.39 is 29.9 Å². The molecule has 1 unspecified atom stereocenters. The predicted octanol–water partition coefficient (Wildman–Crippen LogP) is 4.44. The molecule has 3 atom stereocenters. The third kappa shape index (κ3) is 5.72. The van der Waals surface area contributed by atoms with Crippen LogP contribution in [0.5, 0.6) is 0 Å². The molecule has 1 aromatic carbocycles. The quantitative estimate of drug-likeness (QED) is 0.536. The molecule has 1 aliphatic heterocycles. The topological polar surface area (TPSA) is 60.2 Å². The number of rotatable bonds is 6. The minimum Gasteiger partial charge on any atom is -0.464 e. The lowest BCUT2D eigenvalue weighted by Gasteiger charge is -2.27. The van der Waals surface area contributed by atoms with Crippen LogP contribution in [0.25, 0.3) is 4.85 Å². The van der Waals surface area contributed by atoms with Crippen molar-refractivity contribution in [1.82, 2.24) is 4.90 Å². The third-order valence-electron chi connectivity index (χ3n) is 4.75. The van der Waals surface area contributed by atoms with Crippen molar-refractivity contribution in [3.8, 4) is 0 Å². The third-order valence-corrected chi connectivity index (χ3v) is 4.75. The van der Waals surface area contributed by atoms with Crippen molar-refractivity contribution < 1.29 is 19.1 Å². The largest absolute Gasteiger partial charge is 0.464 e. The highest BCUT2D eigenvalue weighted by atomic mass is 16.6. The summed E-state index contributed by atoms with van der Waals surface area (Å²) in [5.74, 6) is -0.546. The summed E-state index contributed by atoms with van der Waals surface area (Å²) in [6.07, 6.45) is 1.64. The van der Waals surface area contributed by atoms with Crippen LogP contribution in [0, 0.1) is 12.5 Å². The maximum Gasteiger partial charge on any atom is 0.416 e. The number of likely N-dealkylation sites (tertiary alicyclic amines) is 1. The van der Waals surface area contributed by atoms with E-state index in [1.165, 1.54) is 10.5 Å². The maximum absolute atomic E-state index is 12.7. The Bertz CT molecular complexity index is 705. The number of nitrogens with zero attached hydrogens (tertiary/aromatic N) is 2. The molecule has 6 heteroatoms. The number of aryl methyl sites for hydroxylation is 1. The van der Waals surface area contributed by atoms with Crippen LogP contribution in [0.3, 0.4) is 0 Å². The molecule has 1 heterocycles. The first-order valence-corrected chi connectivity index (χ1v) is 9.85. The summed E-state index contributed by atoms with van der Waals surface area (Å²) in [4.78, 5) is 30.2. The lowest BCUT2D eigenvalue weighted by atomic mass is 9.95. The molecule has 1 fully saturated rings. The SMILES string of the molecule is [C-]#[N+]C1[C@H](CCCc2ccccc2)C[C@@H](C(=O)OCC)N1C(=O)OC(C)(C)C. The number of hydrogen-bond acceptors (Lipinski definition) is 4. The summed E-state index contributed by atoms with van der Waals surface area (Å²) in [6.45, 7) is 14.9. The van der Waals surface area contributed by atoms with Crippen LogP contribution >= 0.6 is 0 Å². The van der Waals surface area contributed by atoms with Gasteiger partial charge in [0.1, 0.15) is 11.6 Å². The molecule has 1 saturated heterocycles. The van der Waals surface area contributed by atoms with Gasteiger partial charge in [-0.15, -0.1) is 0 Å². The Balaban J connectivity index is 2.12. The van der Waals surface area contributed by atoms with Crippen molar-refractivity contribution in [2.75, 3.05) is 6.61 Å². The molecule has 0 spiro atoms. The number of carbonyl (C=O) groups excluding carboxylic acids is 2. The van der Waals surface area contributed by atoms with Crippen molar-refractivity contribution in [3.05, 3.63) is 47.3 Å². The van der Waals surface area contributed by atoms with Crippen LogP contribution in [0.15, 0.2) is 30.3 Å². The Labute approximate surface area is 167 Å². The molecule has 152 valence electrons. The zero-order valence-electron chi connectivity index (χ0n) is 17.2. The minimum absolute atomic E-state index is 0.0804. The predicted molar refractivity (Wildman–Crippen MR) is 106 cm³/mol. The summed E-state index contributed by atoms with van der Waals surface area (Å²) in [7, 11) is 0. The van der Waals surface area contributed by atoms with Crippen LogP contribution in [0.1, 0.15) is 52.5 Å². The van der Waals surface area contributed by atoms with E-state index in [1.54, 1.807) is 27.7 Å². The number of esters is 1. The second-order valence-electron chi connectivity index (χ2n) is 8.07. The van der Waals surface area contributed by atoms with Crippen LogP contribution < -0.4 is 0 Å². The highest BCUT2D eigenvalue weighted by Crippen LogP contribution is 2.36. The second kappa shape index (κ2) is 9.59. The Morgan fingerprint density at radius 3 is 2.50 bits per heavy atom. The number of benzene rings is 1. The van der Waals surface area contributed by atoms with Gasteiger partial charge in [0.15, 0.2) is 0 Å². The van der Waals surface area contributed by atoms with Crippen LogP contribution in [0.4, 0.5) is 4.79 Å². The molecular formula is C22H30N2O4. The molecular weight excluding hydrogens is 356 g/mol. The number of carbonyl (C=O) groups is 2. The van der Waals surface area contributed by atoms with E-state index in [9.17, 15) is 9.59 Å². The van der Waals surface area contributed by atoms with E-state index >= 15 is 0 Å². The Morgan fingerprint density at radius 2 is 1.93 bits per heavy atom. The molecule has 0 radical (unpaired) electrons. The van der Waals surface area contributed by atoms with Gasteiger partial charge in [0.05, 0.1) is 12.5 Å². The summed E-state index contributed by atoms with van der Waals surface area (Å²) in [5, 5.41) is 0. The van der Waals surface area contributed by atoms with Gasteiger partial charge in [-0.2, -0.15) is 0 Å². The highest BCUT2D eigenvalue weighted by Gasteiger charge is 2.52. The Kier molecular flexibility index (Phi) is 7.45. The first kappa shape index (κ1) is 21.7. The smallest absolute Gasteiger partial charge is 0.416 e. The summed E-state index contributed by atoms with van der Waals surface area (Å²) < 4.78 is 10.6. The van der Waals surface area contributed by atoms with Gasteiger partial charge >= 0.3 is 18.2 Å². The van der Waals surface area contributed by atoms with Crippen molar-refractivity contribution in [1.29, 1.82) is 0 Å². The normalized spacial score (nSPS) is 21.8. The zero-order chi connectivity index (χ0) is 20.7. The van der Waals surface area contributed by atoms with E-state index in [2.05, 4.69) is 17.0 Å². The van der Waals surface area contributed by atoms with Gasteiger partial charge in [-0.1, -0.05) is 30.3 Å². The first-order chi connectivity index (χ1) is 13.3. The van der Waals surface area contributed by atoms with Gasteiger partial charge in [0.2, 0.25) is 0 Å². The van der Waals surface area contributed by atoms with E-state index in [1.807, 2.05) is 18.2 Å². The first-order valence-electron chi connectivity index (χ1n) is 9.85. The van der Waals surface area contributed by atoms with E-state index in [0.717, 1.165) is 19.3 Å². The number of amides is 1. The monoisotopic (exact) mass is 386 g/mol. The van der Waals surface area contributed by atoms with Crippen molar-refractivity contribution in [2.24, 2.45) is 5.92 Å². The molecule has 0 N–H and O–H groups in total. The fourth-order valence-electron chi connectivity index (χ4n) is 3.58. The molecule has 0 bridgehead atoms. The summed E-state index contributed by atoms with van der Waals surface area (Å²) in [6, 6.07) is 9.39. The Hall–Kier alpha value is -2.55. The molecule has 2 rings (SSSR count). The van der Waals surface area contributed by atoms with Gasteiger partial charge in [-0.3, -0.25) is 4.85 Å². The molecule has 1 aliphatic rings. The number of hydrogen-bond donors (Lipinski definition) is 0. The van der Waals surface area contributed by atoms with Crippen LogP contribution in [-0.4, -0.2) is 41.4 Å². The molecule has 0 aromatic heterocycles. The zero-order valence-corrected chi connectivity index (χ0v) is 17.2. The lowest BCUT2D eigenvalue weighted by molar-refractivity contribution is -0.148. The fourth-order valence-corrected chi connectivity index (χ4v) is 3.58. The molecule has 6 nitrogen and oxygen atoms in total. The molecule has 1 amide bonds. The van der Waals surface area contributed by atoms with Crippen molar-refractivity contribution >= 4 is 12.1 Å². The molecule has 0 aliphatic carbocycles. The lowest BCUT2D eigenvalue weighted by Crippen LogP contribution is -2.47. The summed E-state index contributed by atoms with van der Waals surface area (Å²) >= 11 is 0. The van der Waals surface area contributed by atoms with Crippen LogP contribution in [-0.2, 0) is 20.7 Å². The van der Waals surface area contributed by atoms with Gasteiger partial charge in [0.25, 0.3) is 0 Å². The second-order valence-corrected chi connectivity index (χ2v) is 8.07. The Morgan fingerprint density at radius 1 is 1.25 bits per heavy atom. The maximum atomic E-state index is 12.7. The van der Waals surface area contributed by atoms with E-state index in [-0.39, 0.29) is 12.5 Å².